The predicted octanol–water partition coefficient (Wildman–Crippen LogP) is -0.979. The van der Waals surface area contributed by atoms with Gasteiger partial charge in [-0.05, 0) is 0 Å². The SMILES string of the molecule is NC1=NC(O)(Cc2ncc[nH]2)C(O)S1. The summed E-state index contributed by atoms with van der Waals surface area (Å²) in [6, 6.07) is 0. The van der Waals surface area contributed by atoms with E-state index in [0.717, 1.165) is 11.8 Å². The van der Waals surface area contributed by atoms with E-state index in [4.69, 9.17) is 5.73 Å². The van der Waals surface area contributed by atoms with E-state index in [-0.39, 0.29) is 11.6 Å². The second-order valence-electron chi connectivity index (χ2n) is 3.01. The molecule has 0 saturated heterocycles. The zero-order valence-electron chi connectivity index (χ0n) is 7.21. The largest absolute Gasteiger partial charge is 0.378 e. The maximum Gasteiger partial charge on any atom is 0.201 e. The van der Waals surface area contributed by atoms with Crippen molar-refractivity contribution in [1.29, 1.82) is 0 Å². The minimum Gasteiger partial charge on any atom is -0.378 e. The van der Waals surface area contributed by atoms with Crippen LogP contribution in [0.4, 0.5) is 0 Å². The molecule has 1 aliphatic heterocycles. The Kier molecular flexibility index (Phi) is 2.22. The summed E-state index contributed by atoms with van der Waals surface area (Å²) in [5.41, 5.74) is 2.79. The summed E-state index contributed by atoms with van der Waals surface area (Å²) in [6.07, 6.45) is 3.33. The first-order valence-corrected chi connectivity index (χ1v) is 4.89. The zero-order chi connectivity index (χ0) is 10.2. The number of aliphatic imine (C=N–C) groups is 1. The van der Waals surface area contributed by atoms with Crippen LogP contribution in [0.15, 0.2) is 17.4 Å². The molecule has 6 nitrogen and oxygen atoms in total. The van der Waals surface area contributed by atoms with E-state index >= 15 is 0 Å². The van der Waals surface area contributed by atoms with E-state index in [2.05, 4.69) is 15.0 Å². The number of aromatic nitrogens is 2. The molecule has 2 unspecified atom stereocenters. The third-order valence-corrected chi connectivity index (χ3v) is 2.85. The summed E-state index contributed by atoms with van der Waals surface area (Å²) >= 11 is 0.941. The maximum atomic E-state index is 9.90. The zero-order valence-corrected chi connectivity index (χ0v) is 8.03. The van der Waals surface area contributed by atoms with Crippen molar-refractivity contribution < 1.29 is 10.2 Å². The van der Waals surface area contributed by atoms with Gasteiger partial charge in [-0.15, -0.1) is 0 Å². The first-order chi connectivity index (χ1) is 6.60. The highest BCUT2D eigenvalue weighted by Gasteiger charge is 2.42. The molecular weight excluding hydrogens is 204 g/mol. The van der Waals surface area contributed by atoms with Crippen LogP contribution in [0.3, 0.4) is 0 Å². The van der Waals surface area contributed by atoms with Crippen LogP contribution in [-0.4, -0.2) is 36.5 Å². The monoisotopic (exact) mass is 214 g/mol. The number of nitrogens with zero attached hydrogens (tertiary/aromatic N) is 2. The van der Waals surface area contributed by atoms with Gasteiger partial charge in [0, 0.05) is 12.4 Å². The molecule has 1 aliphatic rings. The molecule has 0 spiro atoms. The Balaban J connectivity index is 2.17. The summed E-state index contributed by atoms with van der Waals surface area (Å²) in [7, 11) is 0. The fourth-order valence-electron chi connectivity index (χ4n) is 1.25. The Morgan fingerprint density at radius 3 is 3.00 bits per heavy atom. The first-order valence-electron chi connectivity index (χ1n) is 4.01. The van der Waals surface area contributed by atoms with Crippen LogP contribution in [0.25, 0.3) is 0 Å². The highest BCUT2D eigenvalue weighted by molar-refractivity contribution is 8.14. The molecule has 2 heterocycles. The van der Waals surface area contributed by atoms with E-state index in [1.165, 1.54) is 0 Å². The number of aliphatic hydroxyl groups excluding tert-OH is 1. The van der Waals surface area contributed by atoms with Crippen molar-refractivity contribution >= 4 is 16.9 Å². The standard InChI is InChI=1S/C7H10N4O2S/c8-6-11-7(13,5(12)14-6)3-4-9-1-2-10-4/h1-2,5,12-13H,3H2,(H2,8,11)(H,9,10). The molecule has 76 valence electrons. The van der Waals surface area contributed by atoms with Crippen molar-refractivity contribution in [3.8, 4) is 0 Å². The predicted molar refractivity (Wildman–Crippen MR) is 52.5 cm³/mol. The molecule has 14 heavy (non-hydrogen) atoms. The van der Waals surface area contributed by atoms with Gasteiger partial charge in [0.1, 0.15) is 5.82 Å². The first kappa shape index (κ1) is 9.50. The van der Waals surface area contributed by atoms with Crippen molar-refractivity contribution in [3.63, 3.8) is 0 Å². The maximum absolute atomic E-state index is 9.90. The Morgan fingerprint density at radius 2 is 2.50 bits per heavy atom. The number of H-pyrrole nitrogens is 1. The number of thioether (sulfide) groups is 1. The fraction of sp³-hybridized carbons (Fsp3) is 0.429. The highest BCUT2D eigenvalue weighted by atomic mass is 32.2. The molecule has 1 aromatic rings. The Bertz CT molecular complexity index is 353. The van der Waals surface area contributed by atoms with Gasteiger partial charge < -0.3 is 20.9 Å². The lowest BCUT2D eigenvalue weighted by Crippen LogP contribution is -2.38. The Morgan fingerprint density at radius 1 is 1.71 bits per heavy atom. The van der Waals surface area contributed by atoms with Gasteiger partial charge in [-0.3, -0.25) is 0 Å². The molecule has 0 amide bonds. The van der Waals surface area contributed by atoms with E-state index < -0.39 is 11.2 Å². The van der Waals surface area contributed by atoms with Crippen molar-refractivity contribution in [1.82, 2.24) is 9.97 Å². The van der Waals surface area contributed by atoms with Crippen LogP contribution in [0, 0.1) is 0 Å². The molecule has 0 fully saturated rings. The van der Waals surface area contributed by atoms with Gasteiger partial charge in [-0.2, -0.15) is 0 Å². The van der Waals surface area contributed by atoms with E-state index in [9.17, 15) is 10.2 Å². The van der Waals surface area contributed by atoms with E-state index in [0.29, 0.717) is 5.82 Å². The Labute approximate surface area is 84.3 Å². The summed E-state index contributed by atoms with van der Waals surface area (Å²) in [5.74, 6) is 0.561. The van der Waals surface area contributed by atoms with Gasteiger partial charge in [0.2, 0.25) is 5.72 Å². The van der Waals surface area contributed by atoms with Gasteiger partial charge >= 0.3 is 0 Å². The van der Waals surface area contributed by atoms with Crippen LogP contribution in [0.5, 0.6) is 0 Å². The molecule has 0 bridgehead atoms. The van der Waals surface area contributed by atoms with Gasteiger partial charge in [-0.1, -0.05) is 11.8 Å². The lowest BCUT2D eigenvalue weighted by Gasteiger charge is -2.21. The number of nitrogens with two attached hydrogens (primary N) is 1. The highest BCUT2D eigenvalue weighted by Crippen LogP contribution is 2.32. The summed E-state index contributed by atoms with van der Waals surface area (Å²) in [4.78, 5) is 10.5. The molecular formula is C7H10N4O2S. The van der Waals surface area contributed by atoms with Gasteiger partial charge in [0.25, 0.3) is 0 Å². The lowest BCUT2D eigenvalue weighted by molar-refractivity contribution is -0.0220. The normalized spacial score (nSPS) is 31.9. The third-order valence-electron chi connectivity index (χ3n) is 1.91. The average molecular weight is 214 g/mol. The number of nitrogens with one attached hydrogen (secondary N) is 1. The molecule has 0 radical (unpaired) electrons. The molecule has 0 saturated carbocycles. The number of imidazole rings is 1. The molecule has 0 aromatic carbocycles. The van der Waals surface area contributed by atoms with Crippen LogP contribution >= 0.6 is 11.8 Å². The second-order valence-corrected chi connectivity index (χ2v) is 4.11. The number of rotatable bonds is 2. The number of hydrogen-bond donors (Lipinski definition) is 4. The van der Waals surface area contributed by atoms with Gasteiger partial charge in [0.05, 0.1) is 6.42 Å². The smallest absolute Gasteiger partial charge is 0.201 e. The van der Waals surface area contributed by atoms with Crippen LogP contribution in [0.1, 0.15) is 5.82 Å². The summed E-state index contributed by atoms with van der Waals surface area (Å²) < 4.78 is 0. The van der Waals surface area contributed by atoms with Crippen molar-refractivity contribution in [2.45, 2.75) is 17.6 Å². The van der Waals surface area contributed by atoms with Crippen LogP contribution in [-0.2, 0) is 6.42 Å². The lowest BCUT2D eigenvalue weighted by atomic mass is 10.1. The summed E-state index contributed by atoms with van der Waals surface area (Å²) in [5, 5.41) is 19.6. The molecule has 1 aromatic heterocycles. The van der Waals surface area contributed by atoms with Crippen molar-refractivity contribution in [3.05, 3.63) is 18.2 Å². The average Bonchev–Trinajstić information content (AvgIpc) is 2.62. The molecule has 7 heteroatoms. The number of hydrogen-bond acceptors (Lipinski definition) is 6. The third kappa shape index (κ3) is 1.61. The summed E-state index contributed by atoms with van der Waals surface area (Å²) in [6.45, 7) is 0. The quantitative estimate of drug-likeness (QED) is 0.506. The topological polar surface area (TPSA) is 108 Å². The van der Waals surface area contributed by atoms with E-state index in [1.807, 2.05) is 0 Å². The fourth-order valence-corrected chi connectivity index (χ4v) is 2.01. The number of aromatic amines is 1. The van der Waals surface area contributed by atoms with Crippen molar-refractivity contribution in [2.24, 2.45) is 10.7 Å². The molecule has 0 aliphatic carbocycles. The molecule has 2 rings (SSSR count). The minimum absolute atomic E-state index is 0.120. The van der Waals surface area contributed by atoms with Crippen LogP contribution < -0.4 is 5.73 Å². The van der Waals surface area contributed by atoms with E-state index in [1.54, 1.807) is 12.4 Å². The second kappa shape index (κ2) is 3.26. The van der Waals surface area contributed by atoms with Gasteiger partial charge in [0.15, 0.2) is 10.6 Å². The number of amidine groups is 1. The van der Waals surface area contributed by atoms with Gasteiger partial charge in [-0.25, -0.2) is 9.98 Å². The Hall–Kier alpha value is -1.05. The van der Waals surface area contributed by atoms with Crippen LogP contribution in [0.2, 0.25) is 0 Å². The molecule has 2 atom stereocenters. The van der Waals surface area contributed by atoms with Crippen molar-refractivity contribution in [2.75, 3.05) is 0 Å². The molecule has 5 N–H and O–H groups in total. The number of aliphatic hydroxyl groups is 2. The minimum atomic E-state index is -1.56.